The van der Waals surface area contributed by atoms with Crippen molar-refractivity contribution in [2.45, 2.75) is 20.8 Å². The Labute approximate surface area is 96.0 Å². The van der Waals surface area contributed by atoms with Gasteiger partial charge in [0.25, 0.3) is 5.91 Å². The third kappa shape index (κ3) is 3.06. The van der Waals surface area contributed by atoms with Crippen LogP contribution in [0.15, 0.2) is 0 Å². The standard InChI is InChI=1S/C11H20N4O/c1-7(5-12-4)6-13-11(16)10-8(2)14-15-9(10)3/h7,12H,5-6H2,1-4H3,(H,13,16)(H,14,15). The van der Waals surface area contributed by atoms with E-state index in [9.17, 15) is 4.79 Å². The monoisotopic (exact) mass is 224 g/mol. The zero-order valence-corrected chi connectivity index (χ0v) is 10.3. The molecule has 5 heteroatoms. The molecule has 0 radical (unpaired) electrons. The molecule has 90 valence electrons. The van der Waals surface area contributed by atoms with Crippen LogP contribution in [0.3, 0.4) is 0 Å². The first kappa shape index (κ1) is 12.7. The van der Waals surface area contributed by atoms with Crippen LogP contribution in [0.5, 0.6) is 0 Å². The molecular formula is C11H20N4O. The third-order valence-corrected chi connectivity index (χ3v) is 2.52. The molecule has 1 amide bonds. The summed E-state index contributed by atoms with van der Waals surface area (Å²) in [5.41, 5.74) is 2.23. The van der Waals surface area contributed by atoms with Gasteiger partial charge in [0.2, 0.25) is 0 Å². The zero-order valence-electron chi connectivity index (χ0n) is 10.3. The molecule has 16 heavy (non-hydrogen) atoms. The molecule has 3 N–H and O–H groups in total. The van der Waals surface area contributed by atoms with E-state index in [4.69, 9.17) is 0 Å². The van der Waals surface area contributed by atoms with E-state index in [1.165, 1.54) is 0 Å². The summed E-state index contributed by atoms with van der Waals surface area (Å²) >= 11 is 0. The van der Waals surface area contributed by atoms with Crippen LogP contribution in [-0.4, -0.2) is 36.2 Å². The number of rotatable bonds is 5. The van der Waals surface area contributed by atoms with Crippen molar-refractivity contribution in [2.24, 2.45) is 5.92 Å². The zero-order chi connectivity index (χ0) is 12.1. The van der Waals surface area contributed by atoms with Crippen LogP contribution < -0.4 is 10.6 Å². The van der Waals surface area contributed by atoms with Gasteiger partial charge >= 0.3 is 0 Å². The first-order valence-corrected chi connectivity index (χ1v) is 5.50. The van der Waals surface area contributed by atoms with Gasteiger partial charge in [-0.2, -0.15) is 5.10 Å². The molecule has 1 atom stereocenters. The van der Waals surface area contributed by atoms with E-state index in [0.29, 0.717) is 18.0 Å². The van der Waals surface area contributed by atoms with E-state index < -0.39 is 0 Å². The Hall–Kier alpha value is -1.36. The third-order valence-electron chi connectivity index (χ3n) is 2.52. The van der Waals surface area contributed by atoms with E-state index >= 15 is 0 Å². The molecule has 0 fully saturated rings. The number of aromatic amines is 1. The van der Waals surface area contributed by atoms with E-state index in [1.54, 1.807) is 0 Å². The molecule has 0 saturated heterocycles. The summed E-state index contributed by atoms with van der Waals surface area (Å²) in [6.07, 6.45) is 0. The number of carbonyl (C=O) groups is 1. The Bertz CT molecular complexity index is 339. The summed E-state index contributed by atoms with van der Waals surface area (Å²) in [4.78, 5) is 11.9. The number of nitrogens with zero attached hydrogens (tertiary/aromatic N) is 1. The maximum absolute atomic E-state index is 11.9. The Morgan fingerprint density at radius 2 is 2.12 bits per heavy atom. The molecule has 0 aliphatic carbocycles. The quantitative estimate of drug-likeness (QED) is 0.686. The van der Waals surface area contributed by atoms with Gasteiger partial charge in [0.15, 0.2) is 0 Å². The molecule has 0 aromatic carbocycles. The SMILES string of the molecule is CNCC(C)CNC(=O)c1c(C)n[nH]c1C. The lowest BCUT2D eigenvalue weighted by Crippen LogP contribution is -2.32. The van der Waals surface area contributed by atoms with Crippen LogP contribution in [0.1, 0.15) is 28.7 Å². The van der Waals surface area contributed by atoms with Gasteiger partial charge in [-0.05, 0) is 33.4 Å². The molecule has 5 nitrogen and oxygen atoms in total. The number of carbonyl (C=O) groups excluding carboxylic acids is 1. The van der Waals surface area contributed by atoms with Crippen molar-refractivity contribution in [1.29, 1.82) is 0 Å². The van der Waals surface area contributed by atoms with Gasteiger partial charge in [-0.1, -0.05) is 6.92 Å². The van der Waals surface area contributed by atoms with Gasteiger partial charge in [0, 0.05) is 12.2 Å². The summed E-state index contributed by atoms with van der Waals surface area (Å²) in [6.45, 7) is 7.33. The normalized spacial score (nSPS) is 12.5. The van der Waals surface area contributed by atoms with Crippen LogP contribution >= 0.6 is 0 Å². The number of amides is 1. The van der Waals surface area contributed by atoms with Crippen molar-refractivity contribution >= 4 is 5.91 Å². The maximum atomic E-state index is 11.9. The summed E-state index contributed by atoms with van der Waals surface area (Å²) in [6, 6.07) is 0. The lowest BCUT2D eigenvalue weighted by Gasteiger charge is -2.11. The molecule has 1 heterocycles. The van der Waals surface area contributed by atoms with Gasteiger partial charge < -0.3 is 10.6 Å². The lowest BCUT2D eigenvalue weighted by atomic mass is 10.1. The average molecular weight is 224 g/mol. The maximum Gasteiger partial charge on any atom is 0.255 e. The van der Waals surface area contributed by atoms with Crippen molar-refractivity contribution < 1.29 is 4.79 Å². The van der Waals surface area contributed by atoms with Gasteiger partial charge in [-0.3, -0.25) is 9.89 Å². The topological polar surface area (TPSA) is 69.8 Å². The van der Waals surface area contributed by atoms with Crippen LogP contribution in [0, 0.1) is 19.8 Å². The van der Waals surface area contributed by atoms with Gasteiger partial charge in [-0.15, -0.1) is 0 Å². The molecule has 0 spiro atoms. The fourth-order valence-electron chi connectivity index (χ4n) is 1.66. The minimum atomic E-state index is -0.0493. The van der Waals surface area contributed by atoms with Crippen molar-refractivity contribution in [3.8, 4) is 0 Å². The molecule has 1 rings (SSSR count). The molecule has 1 aromatic rings. The van der Waals surface area contributed by atoms with E-state index in [2.05, 4.69) is 27.8 Å². The predicted octanol–water partition coefficient (Wildman–Crippen LogP) is 0.612. The second-order valence-electron chi connectivity index (χ2n) is 4.18. The lowest BCUT2D eigenvalue weighted by molar-refractivity contribution is 0.0947. The minimum Gasteiger partial charge on any atom is -0.352 e. The summed E-state index contributed by atoms with van der Waals surface area (Å²) < 4.78 is 0. The Kier molecular flexibility index (Phi) is 4.49. The first-order chi connectivity index (χ1) is 7.56. The number of H-pyrrole nitrogens is 1. The first-order valence-electron chi connectivity index (χ1n) is 5.50. The number of hydrogen-bond donors (Lipinski definition) is 3. The Morgan fingerprint density at radius 1 is 1.44 bits per heavy atom. The van der Waals surface area contributed by atoms with Gasteiger partial charge in [0.1, 0.15) is 0 Å². The number of hydrogen-bond acceptors (Lipinski definition) is 3. The van der Waals surface area contributed by atoms with E-state index in [1.807, 2.05) is 20.9 Å². The van der Waals surface area contributed by atoms with E-state index in [-0.39, 0.29) is 5.91 Å². The van der Waals surface area contributed by atoms with Crippen molar-refractivity contribution in [1.82, 2.24) is 20.8 Å². The van der Waals surface area contributed by atoms with Crippen LogP contribution in [0.2, 0.25) is 0 Å². The fourth-order valence-corrected chi connectivity index (χ4v) is 1.66. The number of nitrogens with one attached hydrogen (secondary N) is 3. The molecule has 0 saturated carbocycles. The van der Waals surface area contributed by atoms with Gasteiger partial charge in [0.05, 0.1) is 11.3 Å². The highest BCUT2D eigenvalue weighted by molar-refractivity contribution is 5.96. The predicted molar refractivity (Wildman–Crippen MR) is 63.5 cm³/mol. The Balaban J connectivity index is 2.53. The van der Waals surface area contributed by atoms with E-state index in [0.717, 1.165) is 17.9 Å². The largest absolute Gasteiger partial charge is 0.352 e. The molecule has 0 bridgehead atoms. The van der Waals surface area contributed by atoms with Crippen molar-refractivity contribution in [3.05, 3.63) is 17.0 Å². The molecular weight excluding hydrogens is 204 g/mol. The molecule has 0 aliphatic rings. The second-order valence-corrected chi connectivity index (χ2v) is 4.18. The minimum absolute atomic E-state index is 0.0493. The summed E-state index contributed by atoms with van der Waals surface area (Å²) in [5, 5.41) is 12.8. The summed E-state index contributed by atoms with van der Waals surface area (Å²) in [7, 11) is 1.91. The summed E-state index contributed by atoms with van der Waals surface area (Å²) in [5.74, 6) is 0.369. The van der Waals surface area contributed by atoms with Gasteiger partial charge in [-0.25, -0.2) is 0 Å². The highest BCUT2D eigenvalue weighted by Crippen LogP contribution is 2.08. The smallest absolute Gasteiger partial charge is 0.255 e. The average Bonchev–Trinajstić information content (AvgIpc) is 2.56. The van der Waals surface area contributed by atoms with Crippen LogP contribution in [0.25, 0.3) is 0 Å². The Morgan fingerprint density at radius 3 is 2.62 bits per heavy atom. The highest BCUT2D eigenvalue weighted by atomic mass is 16.1. The fraction of sp³-hybridized carbons (Fsp3) is 0.636. The molecule has 1 unspecified atom stereocenters. The molecule has 1 aromatic heterocycles. The molecule has 0 aliphatic heterocycles. The number of aromatic nitrogens is 2. The van der Waals surface area contributed by atoms with Crippen molar-refractivity contribution in [3.63, 3.8) is 0 Å². The second kappa shape index (κ2) is 5.65. The van der Waals surface area contributed by atoms with Crippen LogP contribution in [-0.2, 0) is 0 Å². The highest BCUT2D eigenvalue weighted by Gasteiger charge is 2.15. The van der Waals surface area contributed by atoms with Crippen molar-refractivity contribution in [2.75, 3.05) is 20.1 Å². The van der Waals surface area contributed by atoms with Crippen LogP contribution in [0.4, 0.5) is 0 Å². The number of aryl methyl sites for hydroxylation is 2.